The van der Waals surface area contributed by atoms with E-state index in [0.29, 0.717) is 0 Å². The first-order valence-electron chi connectivity index (χ1n) is 6.72. The lowest BCUT2D eigenvalue weighted by Gasteiger charge is -2.18. The third-order valence-electron chi connectivity index (χ3n) is 2.70. The molecule has 3 heteroatoms. The van der Waals surface area contributed by atoms with Crippen molar-refractivity contribution in [2.45, 2.75) is 26.3 Å². The molecule has 0 atom stereocenters. The van der Waals surface area contributed by atoms with Crippen molar-refractivity contribution < 1.29 is 0 Å². The monoisotopic (exact) mass is 267 g/mol. The van der Waals surface area contributed by atoms with Gasteiger partial charge in [0.05, 0.1) is 5.54 Å². The normalized spacial score (nSPS) is 12.2. The second kappa shape index (κ2) is 5.78. The highest BCUT2D eigenvalue weighted by Crippen LogP contribution is 2.18. The Morgan fingerprint density at radius 3 is 2.15 bits per heavy atom. The number of nitrogens with zero attached hydrogens (tertiary/aromatic N) is 1. The second-order valence-corrected chi connectivity index (χ2v) is 5.71. The Morgan fingerprint density at radius 2 is 1.55 bits per heavy atom. The van der Waals surface area contributed by atoms with Crippen LogP contribution in [0, 0.1) is 0 Å². The Morgan fingerprint density at radius 1 is 0.950 bits per heavy atom. The van der Waals surface area contributed by atoms with Crippen LogP contribution < -0.4 is 11.1 Å². The van der Waals surface area contributed by atoms with Gasteiger partial charge in [-0.15, -0.1) is 0 Å². The highest BCUT2D eigenvalue weighted by molar-refractivity contribution is 6.11. The number of amidine groups is 1. The van der Waals surface area contributed by atoms with E-state index >= 15 is 0 Å². The number of para-hydroxylation sites is 2. The molecular formula is C17H21N3. The van der Waals surface area contributed by atoms with Crippen molar-refractivity contribution >= 4 is 17.2 Å². The van der Waals surface area contributed by atoms with E-state index in [1.165, 1.54) is 0 Å². The highest BCUT2D eigenvalue weighted by atomic mass is 15.0. The van der Waals surface area contributed by atoms with Gasteiger partial charge in [-0.2, -0.15) is 0 Å². The van der Waals surface area contributed by atoms with Gasteiger partial charge in [0.1, 0.15) is 5.84 Å². The summed E-state index contributed by atoms with van der Waals surface area (Å²) in [4.78, 5) is 4.76. The van der Waals surface area contributed by atoms with Gasteiger partial charge in [-0.05, 0) is 45.0 Å². The summed E-state index contributed by atoms with van der Waals surface area (Å²) in [5, 5.41) is 3.36. The molecular weight excluding hydrogens is 246 g/mol. The van der Waals surface area contributed by atoms with Crippen LogP contribution in [0.3, 0.4) is 0 Å². The summed E-state index contributed by atoms with van der Waals surface area (Å²) in [6.07, 6.45) is 0. The average molecular weight is 267 g/mol. The van der Waals surface area contributed by atoms with Crippen molar-refractivity contribution in [1.29, 1.82) is 0 Å². The first-order valence-corrected chi connectivity index (χ1v) is 6.72. The average Bonchev–Trinajstić information content (AvgIpc) is 2.38. The van der Waals surface area contributed by atoms with Gasteiger partial charge in [0.25, 0.3) is 0 Å². The van der Waals surface area contributed by atoms with Gasteiger partial charge in [-0.3, -0.25) is 4.99 Å². The summed E-state index contributed by atoms with van der Waals surface area (Å²) in [5.74, 6) is 0.793. The van der Waals surface area contributed by atoms with E-state index in [0.717, 1.165) is 22.8 Å². The number of anilines is 2. The van der Waals surface area contributed by atoms with E-state index in [9.17, 15) is 0 Å². The molecule has 0 bridgehead atoms. The molecule has 0 fully saturated rings. The van der Waals surface area contributed by atoms with Crippen LogP contribution in [0.5, 0.6) is 0 Å². The van der Waals surface area contributed by atoms with Crippen LogP contribution in [0.4, 0.5) is 11.4 Å². The minimum absolute atomic E-state index is 0.181. The zero-order valence-corrected chi connectivity index (χ0v) is 12.2. The molecule has 3 nitrogen and oxygen atoms in total. The molecule has 0 spiro atoms. The first-order chi connectivity index (χ1) is 9.46. The lowest BCUT2D eigenvalue weighted by molar-refractivity contribution is 0.584. The minimum atomic E-state index is -0.181. The van der Waals surface area contributed by atoms with Crippen LogP contribution in [0.25, 0.3) is 0 Å². The summed E-state index contributed by atoms with van der Waals surface area (Å²) in [6.45, 7) is 6.20. The van der Waals surface area contributed by atoms with E-state index in [1.807, 2.05) is 54.6 Å². The number of hydrogen-bond donors (Lipinski definition) is 2. The van der Waals surface area contributed by atoms with Crippen molar-refractivity contribution in [1.82, 2.24) is 0 Å². The number of benzene rings is 2. The SMILES string of the molecule is CC(C)(C)N=C(Nc1ccccc1)c1ccccc1N. The van der Waals surface area contributed by atoms with Crippen molar-refractivity contribution in [3.05, 3.63) is 60.2 Å². The summed E-state index contributed by atoms with van der Waals surface area (Å²) in [7, 11) is 0. The molecule has 0 aliphatic carbocycles. The fourth-order valence-corrected chi connectivity index (χ4v) is 1.86. The summed E-state index contributed by atoms with van der Waals surface area (Å²) >= 11 is 0. The number of nitrogen functional groups attached to an aromatic ring is 1. The quantitative estimate of drug-likeness (QED) is 0.492. The largest absolute Gasteiger partial charge is 0.398 e. The number of nitrogens with one attached hydrogen (secondary N) is 1. The summed E-state index contributed by atoms with van der Waals surface area (Å²) < 4.78 is 0. The smallest absolute Gasteiger partial charge is 0.135 e. The van der Waals surface area contributed by atoms with E-state index in [2.05, 4.69) is 26.1 Å². The van der Waals surface area contributed by atoms with Gasteiger partial charge in [0, 0.05) is 16.9 Å². The highest BCUT2D eigenvalue weighted by Gasteiger charge is 2.13. The predicted octanol–water partition coefficient (Wildman–Crippen LogP) is 3.93. The summed E-state index contributed by atoms with van der Waals surface area (Å²) in [6, 6.07) is 17.8. The molecule has 2 aromatic carbocycles. The van der Waals surface area contributed by atoms with E-state index < -0.39 is 0 Å². The molecule has 2 aromatic rings. The molecule has 0 aromatic heterocycles. The van der Waals surface area contributed by atoms with E-state index in [4.69, 9.17) is 10.7 Å². The Balaban J connectivity index is 2.41. The van der Waals surface area contributed by atoms with Gasteiger partial charge in [0.15, 0.2) is 0 Å². The van der Waals surface area contributed by atoms with E-state index in [1.54, 1.807) is 0 Å². The molecule has 0 saturated carbocycles. The molecule has 0 saturated heterocycles. The first kappa shape index (κ1) is 14.1. The Kier molecular flexibility index (Phi) is 4.08. The fraction of sp³-hybridized carbons (Fsp3) is 0.235. The lowest BCUT2D eigenvalue weighted by atomic mass is 10.1. The van der Waals surface area contributed by atoms with Gasteiger partial charge in [-0.25, -0.2) is 0 Å². The van der Waals surface area contributed by atoms with Crippen LogP contribution in [-0.4, -0.2) is 11.4 Å². The minimum Gasteiger partial charge on any atom is -0.398 e. The molecule has 0 radical (unpaired) electrons. The molecule has 0 unspecified atom stereocenters. The maximum Gasteiger partial charge on any atom is 0.135 e. The van der Waals surface area contributed by atoms with Crippen molar-refractivity contribution in [2.75, 3.05) is 11.1 Å². The zero-order valence-electron chi connectivity index (χ0n) is 12.2. The van der Waals surface area contributed by atoms with Crippen LogP contribution in [0.2, 0.25) is 0 Å². The molecule has 20 heavy (non-hydrogen) atoms. The Bertz CT molecular complexity index is 595. The number of aliphatic imine (C=N–C) groups is 1. The Labute approximate surface area is 120 Å². The molecule has 0 amide bonds. The predicted molar refractivity (Wildman–Crippen MR) is 87.2 cm³/mol. The van der Waals surface area contributed by atoms with Gasteiger partial charge in [0.2, 0.25) is 0 Å². The van der Waals surface area contributed by atoms with Gasteiger partial charge < -0.3 is 11.1 Å². The maximum absolute atomic E-state index is 6.07. The second-order valence-electron chi connectivity index (χ2n) is 5.71. The van der Waals surface area contributed by atoms with Gasteiger partial charge in [-0.1, -0.05) is 30.3 Å². The molecule has 3 N–H and O–H groups in total. The van der Waals surface area contributed by atoms with Crippen LogP contribution in [0.1, 0.15) is 26.3 Å². The Hall–Kier alpha value is -2.29. The van der Waals surface area contributed by atoms with Crippen LogP contribution >= 0.6 is 0 Å². The molecule has 104 valence electrons. The lowest BCUT2D eigenvalue weighted by Crippen LogP contribution is -2.22. The topological polar surface area (TPSA) is 50.4 Å². The number of rotatable bonds is 2. The zero-order chi connectivity index (χ0) is 14.6. The van der Waals surface area contributed by atoms with Crippen molar-refractivity contribution in [3.63, 3.8) is 0 Å². The molecule has 0 aliphatic rings. The third kappa shape index (κ3) is 3.85. The van der Waals surface area contributed by atoms with Crippen LogP contribution in [-0.2, 0) is 0 Å². The van der Waals surface area contributed by atoms with Crippen molar-refractivity contribution in [2.24, 2.45) is 4.99 Å². The standard InChI is InChI=1S/C17H21N3/c1-17(2,3)20-16(14-11-7-8-12-15(14)18)19-13-9-5-4-6-10-13/h4-12H,18H2,1-3H3,(H,19,20). The van der Waals surface area contributed by atoms with E-state index in [-0.39, 0.29) is 5.54 Å². The van der Waals surface area contributed by atoms with Crippen LogP contribution in [0.15, 0.2) is 59.6 Å². The van der Waals surface area contributed by atoms with Crippen molar-refractivity contribution in [3.8, 4) is 0 Å². The molecule has 0 heterocycles. The number of nitrogens with two attached hydrogens (primary N) is 1. The summed E-state index contributed by atoms with van der Waals surface area (Å²) in [5.41, 5.74) is 8.53. The number of hydrogen-bond acceptors (Lipinski definition) is 2. The maximum atomic E-state index is 6.07. The molecule has 0 aliphatic heterocycles. The van der Waals surface area contributed by atoms with Gasteiger partial charge >= 0.3 is 0 Å². The fourth-order valence-electron chi connectivity index (χ4n) is 1.86. The molecule has 2 rings (SSSR count). The third-order valence-corrected chi connectivity index (χ3v) is 2.70.